The number of ketones is 1. The summed E-state index contributed by atoms with van der Waals surface area (Å²) in [5, 5.41) is 0. The third kappa shape index (κ3) is 5.55. The molecule has 0 bridgehead atoms. The molecule has 3 nitrogen and oxygen atoms in total. The van der Waals surface area contributed by atoms with Crippen LogP contribution in [0, 0.1) is 5.92 Å². The predicted octanol–water partition coefficient (Wildman–Crippen LogP) is 2.60. The minimum absolute atomic E-state index is 0.109. The van der Waals surface area contributed by atoms with E-state index in [9.17, 15) is 13.2 Å². The highest BCUT2D eigenvalue weighted by Gasteiger charge is 2.21. The zero-order valence-electron chi connectivity index (χ0n) is 12.0. The van der Waals surface area contributed by atoms with Gasteiger partial charge in [0.15, 0.2) is 0 Å². The number of Topliss-reactive ketones (excluding diaryl/α,β-unsaturated/α-hetero) is 1. The van der Waals surface area contributed by atoms with Gasteiger partial charge in [-0.2, -0.15) is 0 Å². The summed E-state index contributed by atoms with van der Waals surface area (Å²) in [6.45, 7) is 5.74. The van der Waals surface area contributed by atoms with Crippen molar-refractivity contribution in [3.8, 4) is 0 Å². The van der Waals surface area contributed by atoms with Crippen molar-refractivity contribution < 1.29 is 13.2 Å². The molecule has 0 aliphatic carbocycles. The predicted molar refractivity (Wildman–Crippen MR) is 78.1 cm³/mol. The van der Waals surface area contributed by atoms with Crippen molar-refractivity contribution >= 4 is 15.6 Å². The molecule has 1 atom stereocenters. The lowest BCUT2D eigenvalue weighted by Crippen LogP contribution is -2.19. The molecule has 0 saturated carbocycles. The fraction of sp³-hybridized carbons (Fsp3) is 0.533. The van der Waals surface area contributed by atoms with Gasteiger partial charge in [0.25, 0.3) is 0 Å². The zero-order valence-corrected chi connectivity index (χ0v) is 12.8. The summed E-state index contributed by atoms with van der Waals surface area (Å²) in [5.41, 5.74) is 1.99. The molecule has 1 aromatic carbocycles. The lowest BCUT2D eigenvalue weighted by atomic mass is 9.94. The van der Waals surface area contributed by atoms with E-state index in [2.05, 4.69) is 13.8 Å². The summed E-state index contributed by atoms with van der Waals surface area (Å²) in [5.74, 6) is -0.207. The second-order valence-corrected chi connectivity index (χ2v) is 7.78. The largest absolute Gasteiger partial charge is 0.299 e. The average Bonchev–Trinajstić information content (AvgIpc) is 2.25. The Kier molecular flexibility index (Phi) is 5.29. The van der Waals surface area contributed by atoms with Gasteiger partial charge in [-0.15, -0.1) is 0 Å². The number of sulfone groups is 1. The highest BCUT2D eigenvalue weighted by Crippen LogP contribution is 2.20. The molecule has 1 aromatic rings. The second kappa shape index (κ2) is 6.33. The molecule has 0 heterocycles. The Morgan fingerprint density at radius 1 is 1.16 bits per heavy atom. The van der Waals surface area contributed by atoms with E-state index in [0.717, 1.165) is 18.2 Å². The van der Waals surface area contributed by atoms with Crippen LogP contribution in [0.5, 0.6) is 0 Å². The molecule has 0 fully saturated rings. The monoisotopic (exact) mass is 282 g/mol. The van der Waals surface area contributed by atoms with Crippen LogP contribution in [0.25, 0.3) is 0 Å². The van der Waals surface area contributed by atoms with Crippen LogP contribution >= 0.6 is 0 Å². The van der Waals surface area contributed by atoms with Crippen molar-refractivity contribution in [2.75, 3.05) is 12.0 Å². The standard InChI is InChI=1S/C15H22O3S/c1-11(2)9-13-5-7-14(8-6-13)15(12(3)16)10-19(4,17)18/h5-8,11,15H,9-10H2,1-4H3. The number of carbonyl (C=O) groups is 1. The first-order valence-electron chi connectivity index (χ1n) is 6.46. The van der Waals surface area contributed by atoms with Crippen molar-refractivity contribution in [2.45, 2.75) is 33.1 Å². The molecule has 0 spiro atoms. The summed E-state index contributed by atoms with van der Waals surface area (Å²) in [6.07, 6.45) is 2.15. The van der Waals surface area contributed by atoms with Crippen LogP contribution < -0.4 is 0 Å². The fourth-order valence-electron chi connectivity index (χ4n) is 2.11. The van der Waals surface area contributed by atoms with E-state index in [1.165, 1.54) is 12.5 Å². The second-order valence-electron chi connectivity index (χ2n) is 5.60. The van der Waals surface area contributed by atoms with Crippen LogP contribution in [0.1, 0.15) is 37.8 Å². The quantitative estimate of drug-likeness (QED) is 0.806. The van der Waals surface area contributed by atoms with E-state index in [1.54, 1.807) is 0 Å². The van der Waals surface area contributed by atoms with E-state index in [0.29, 0.717) is 5.92 Å². The van der Waals surface area contributed by atoms with Crippen molar-refractivity contribution in [1.82, 2.24) is 0 Å². The van der Waals surface area contributed by atoms with E-state index in [4.69, 9.17) is 0 Å². The molecular weight excluding hydrogens is 260 g/mol. The van der Waals surface area contributed by atoms with Crippen molar-refractivity contribution in [3.05, 3.63) is 35.4 Å². The van der Waals surface area contributed by atoms with Crippen LogP contribution in [0.3, 0.4) is 0 Å². The van der Waals surface area contributed by atoms with Gasteiger partial charge in [0.2, 0.25) is 0 Å². The topological polar surface area (TPSA) is 51.2 Å². The minimum Gasteiger partial charge on any atom is -0.299 e. The average molecular weight is 282 g/mol. The maximum Gasteiger partial charge on any atom is 0.148 e. The summed E-state index contributed by atoms with van der Waals surface area (Å²) >= 11 is 0. The van der Waals surface area contributed by atoms with Gasteiger partial charge in [-0.25, -0.2) is 8.42 Å². The van der Waals surface area contributed by atoms with E-state index in [-0.39, 0.29) is 11.5 Å². The van der Waals surface area contributed by atoms with Crippen molar-refractivity contribution in [1.29, 1.82) is 0 Å². The molecule has 0 aliphatic heterocycles. The van der Waals surface area contributed by atoms with E-state index in [1.807, 2.05) is 24.3 Å². The molecule has 0 N–H and O–H groups in total. The van der Waals surface area contributed by atoms with Gasteiger partial charge >= 0.3 is 0 Å². The number of hydrogen-bond acceptors (Lipinski definition) is 3. The SMILES string of the molecule is CC(=O)C(CS(C)(=O)=O)c1ccc(CC(C)C)cc1. The Morgan fingerprint density at radius 3 is 2.05 bits per heavy atom. The molecule has 4 heteroatoms. The molecule has 19 heavy (non-hydrogen) atoms. The molecule has 106 valence electrons. The fourth-order valence-corrected chi connectivity index (χ4v) is 3.14. The summed E-state index contributed by atoms with van der Waals surface area (Å²) < 4.78 is 22.8. The number of benzene rings is 1. The van der Waals surface area contributed by atoms with Crippen LogP contribution in [0.2, 0.25) is 0 Å². The maximum atomic E-state index is 11.6. The molecule has 0 radical (unpaired) electrons. The molecule has 1 rings (SSSR count). The third-order valence-corrected chi connectivity index (χ3v) is 3.93. The van der Waals surface area contributed by atoms with Gasteiger partial charge < -0.3 is 0 Å². The Balaban J connectivity index is 2.95. The van der Waals surface area contributed by atoms with Gasteiger partial charge in [-0.1, -0.05) is 38.1 Å². The first-order chi connectivity index (χ1) is 8.69. The maximum absolute atomic E-state index is 11.6. The highest BCUT2D eigenvalue weighted by atomic mass is 32.2. The third-order valence-electron chi connectivity index (χ3n) is 2.99. The molecular formula is C15H22O3S. The lowest BCUT2D eigenvalue weighted by molar-refractivity contribution is -0.118. The van der Waals surface area contributed by atoms with E-state index >= 15 is 0 Å². The Morgan fingerprint density at radius 2 is 1.68 bits per heavy atom. The van der Waals surface area contributed by atoms with Crippen LogP contribution in [0.15, 0.2) is 24.3 Å². The van der Waals surface area contributed by atoms with Gasteiger partial charge in [-0.3, -0.25) is 4.79 Å². The molecule has 0 saturated heterocycles. The summed E-state index contributed by atoms with van der Waals surface area (Å²) in [4.78, 5) is 11.6. The first-order valence-corrected chi connectivity index (χ1v) is 8.52. The Labute approximate surface area is 116 Å². The number of hydrogen-bond donors (Lipinski definition) is 0. The Bertz CT molecular complexity index is 527. The molecule has 0 amide bonds. The van der Waals surface area contributed by atoms with Crippen LogP contribution in [-0.2, 0) is 21.1 Å². The minimum atomic E-state index is -3.17. The van der Waals surface area contributed by atoms with Gasteiger partial charge in [0.05, 0.1) is 11.7 Å². The normalized spacial score (nSPS) is 13.5. The van der Waals surface area contributed by atoms with Gasteiger partial charge in [0.1, 0.15) is 15.6 Å². The summed E-state index contributed by atoms with van der Waals surface area (Å²) in [7, 11) is -3.17. The molecule has 0 aromatic heterocycles. The van der Waals surface area contributed by atoms with Crippen molar-refractivity contribution in [3.63, 3.8) is 0 Å². The highest BCUT2D eigenvalue weighted by molar-refractivity contribution is 7.90. The molecule has 0 aliphatic rings. The number of carbonyl (C=O) groups excluding carboxylic acids is 1. The first kappa shape index (κ1) is 15.9. The van der Waals surface area contributed by atoms with Crippen LogP contribution in [0.4, 0.5) is 0 Å². The van der Waals surface area contributed by atoms with Gasteiger partial charge in [0, 0.05) is 6.26 Å². The zero-order chi connectivity index (χ0) is 14.6. The molecule has 1 unspecified atom stereocenters. The Hall–Kier alpha value is -1.16. The van der Waals surface area contributed by atoms with Crippen molar-refractivity contribution in [2.24, 2.45) is 5.92 Å². The summed E-state index contributed by atoms with van der Waals surface area (Å²) in [6, 6.07) is 7.70. The lowest BCUT2D eigenvalue weighted by Gasteiger charge is -2.14. The number of rotatable bonds is 6. The van der Waals surface area contributed by atoms with Gasteiger partial charge in [-0.05, 0) is 30.4 Å². The van der Waals surface area contributed by atoms with E-state index < -0.39 is 15.8 Å². The van der Waals surface area contributed by atoms with Crippen LogP contribution in [-0.4, -0.2) is 26.2 Å². The smallest absolute Gasteiger partial charge is 0.148 e.